The number of aryl methyl sites for hydroxylation is 2. The van der Waals surface area contributed by atoms with E-state index in [2.05, 4.69) is 15.7 Å². The van der Waals surface area contributed by atoms with E-state index in [4.69, 9.17) is 11.6 Å². The summed E-state index contributed by atoms with van der Waals surface area (Å²) in [6.45, 7) is 2.51. The van der Waals surface area contributed by atoms with Gasteiger partial charge in [-0.25, -0.2) is 4.79 Å². The maximum absolute atomic E-state index is 11.7. The number of benzene rings is 1. The van der Waals surface area contributed by atoms with Crippen molar-refractivity contribution in [3.8, 4) is 0 Å². The highest BCUT2D eigenvalue weighted by Crippen LogP contribution is 2.19. The number of aromatic nitrogens is 2. The van der Waals surface area contributed by atoms with Gasteiger partial charge < -0.3 is 10.6 Å². The fourth-order valence-corrected chi connectivity index (χ4v) is 1.97. The van der Waals surface area contributed by atoms with Crippen molar-refractivity contribution < 1.29 is 4.79 Å². The number of carbonyl (C=O) groups is 1. The zero-order valence-corrected chi connectivity index (χ0v) is 12.2. The highest BCUT2D eigenvalue weighted by atomic mass is 35.5. The monoisotopic (exact) mass is 292 g/mol. The lowest BCUT2D eigenvalue weighted by molar-refractivity contribution is 0.252. The summed E-state index contributed by atoms with van der Waals surface area (Å²) in [5.74, 6) is 0. The van der Waals surface area contributed by atoms with Gasteiger partial charge in [0.2, 0.25) is 0 Å². The zero-order valence-electron chi connectivity index (χ0n) is 11.5. The van der Waals surface area contributed by atoms with Gasteiger partial charge in [-0.1, -0.05) is 23.7 Å². The van der Waals surface area contributed by atoms with Crippen LogP contribution >= 0.6 is 11.6 Å². The van der Waals surface area contributed by atoms with Gasteiger partial charge in [0, 0.05) is 25.7 Å². The molecule has 2 rings (SSSR count). The van der Waals surface area contributed by atoms with E-state index in [-0.39, 0.29) is 6.03 Å². The quantitative estimate of drug-likeness (QED) is 0.910. The molecule has 20 heavy (non-hydrogen) atoms. The summed E-state index contributed by atoms with van der Waals surface area (Å²) in [6.07, 6.45) is 0.692. The molecule has 6 heteroatoms. The Kier molecular flexibility index (Phi) is 4.63. The van der Waals surface area contributed by atoms with Gasteiger partial charge in [-0.05, 0) is 25.1 Å². The highest BCUT2D eigenvalue weighted by molar-refractivity contribution is 6.33. The Morgan fingerprint density at radius 1 is 1.40 bits per heavy atom. The van der Waals surface area contributed by atoms with E-state index in [1.54, 1.807) is 12.1 Å². The number of urea groups is 1. The minimum atomic E-state index is -0.272. The van der Waals surface area contributed by atoms with Crippen molar-refractivity contribution in [2.45, 2.75) is 13.3 Å². The van der Waals surface area contributed by atoms with E-state index in [1.807, 2.05) is 36.9 Å². The Balaban J connectivity index is 1.80. The second-order valence-corrected chi connectivity index (χ2v) is 4.92. The standard InChI is InChI=1S/C14H17ClN4O/c1-10-9-11(18-19(10)2)7-8-16-14(20)17-13-6-4-3-5-12(13)15/h3-6,9H,7-8H2,1-2H3,(H2,16,17,20). The lowest BCUT2D eigenvalue weighted by atomic mass is 10.3. The van der Waals surface area contributed by atoms with Gasteiger partial charge >= 0.3 is 6.03 Å². The molecule has 0 aliphatic heterocycles. The Hall–Kier alpha value is -2.01. The van der Waals surface area contributed by atoms with Crippen LogP contribution in [0.5, 0.6) is 0 Å². The summed E-state index contributed by atoms with van der Waals surface area (Å²) < 4.78 is 1.82. The number of nitrogens with one attached hydrogen (secondary N) is 2. The van der Waals surface area contributed by atoms with E-state index < -0.39 is 0 Å². The molecule has 106 valence electrons. The predicted octanol–water partition coefficient (Wildman–Crippen LogP) is 2.75. The summed E-state index contributed by atoms with van der Waals surface area (Å²) in [5.41, 5.74) is 2.66. The molecular formula is C14H17ClN4O. The first kappa shape index (κ1) is 14.4. The van der Waals surface area contributed by atoms with Crippen LogP contribution < -0.4 is 10.6 Å². The van der Waals surface area contributed by atoms with Gasteiger partial charge in [0.1, 0.15) is 0 Å². The summed E-state index contributed by atoms with van der Waals surface area (Å²) in [6, 6.07) is 8.85. The first-order valence-corrected chi connectivity index (χ1v) is 6.73. The average Bonchev–Trinajstić information content (AvgIpc) is 2.71. The molecule has 0 aliphatic carbocycles. The van der Waals surface area contributed by atoms with Crippen LogP contribution in [0.3, 0.4) is 0 Å². The van der Waals surface area contributed by atoms with Gasteiger partial charge in [-0.15, -0.1) is 0 Å². The van der Waals surface area contributed by atoms with Crippen LogP contribution in [0, 0.1) is 6.92 Å². The second kappa shape index (κ2) is 6.43. The van der Waals surface area contributed by atoms with Crippen LogP contribution in [0.4, 0.5) is 10.5 Å². The van der Waals surface area contributed by atoms with Gasteiger partial charge in [0.15, 0.2) is 0 Å². The molecule has 0 spiro atoms. The van der Waals surface area contributed by atoms with Gasteiger partial charge in [-0.2, -0.15) is 5.10 Å². The van der Waals surface area contributed by atoms with E-state index in [0.29, 0.717) is 23.7 Å². The molecule has 2 amide bonds. The molecule has 0 aliphatic rings. The van der Waals surface area contributed by atoms with E-state index in [1.165, 1.54) is 0 Å². The molecule has 1 heterocycles. The number of rotatable bonds is 4. The summed E-state index contributed by atoms with van der Waals surface area (Å²) in [7, 11) is 1.90. The first-order valence-electron chi connectivity index (χ1n) is 6.35. The summed E-state index contributed by atoms with van der Waals surface area (Å²) >= 11 is 5.96. The Labute approximate surface area is 122 Å². The summed E-state index contributed by atoms with van der Waals surface area (Å²) in [4.78, 5) is 11.7. The zero-order chi connectivity index (χ0) is 14.5. The molecule has 0 atom stereocenters. The molecule has 1 aromatic carbocycles. The average molecular weight is 293 g/mol. The minimum absolute atomic E-state index is 0.272. The second-order valence-electron chi connectivity index (χ2n) is 4.51. The van der Waals surface area contributed by atoms with E-state index in [0.717, 1.165) is 11.4 Å². The number of hydrogen-bond acceptors (Lipinski definition) is 2. The molecule has 2 aromatic rings. The van der Waals surface area contributed by atoms with Crippen LogP contribution in [0.2, 0.25) is 5.02 Å². The summed E-state index contributed by atoms with van der Waals surface area (Å²) in [5, 5.41) is 10.3. The van der Waals surface area contributed by atoms with Crippen molar-refractivity contribution in [1.29, 1.82) is 0 Å². The fourth-order valence-electron chi connectivity index (χ4n) is 1.79. The lowest BCUT2D eigenvalue weighted by Gasteiger charge is -2.08. The third-order valence-electron chi connectivity index (χ3n) is 2.95. The number of hydrogen-bond donors (Lipinski definition) is 2. The molecule has 0 saturated heterocycles. The molecule has 0 unspecified atom stereocenters. The van der Waals surface area contributed by atoms with Crippen molar-refractivity contribution in [2.75, 3.05) is 11.9 Å². The van der Waals surface area contributed by atoms with E-state index >= 15 is 0 Å². The Bertz CT molecular complexity index is 589. The number of amides is 2. The number of halogens is 1. The van der Waals surface area contributed by atoms with Crippen LogP contribution in [0.25, 0.3) is 0 Å². The number of nitrogens with zero attached hydrogens (tertiary/aromatic N) is 2. The van der Waals surface area contributed by atoms with Gasteiger partial charge in [0.25, 0.3) is 0 Å². The minimum Gasteiger partial charge on any atom is -0.337 e. The highest BCUT2D eigenvalue weighted by Gasteiger charge is 2.05. The van der Waals surface area contributed by atoms with Crippen molar-refractivity contribution in [3.05, 3.63) is 46.7 Å². The topological polar surface area (TPSA) is 59.0 Å². The fraction of sp³-hybridized carbons (Fsp3) is 0.286. The van der Waals surface area contributed by atoms with E-state index in [9.17, 15) is 4.79 Å². The molecule has 0 saturated carbocycles. The van der Waals surface area contributed by atoms with Gasteiger partial charge in [-0.3, -0.25) is 4.68 Å². The van der Waals surface area contributed by atoms with Crippen molar-refractivity contribution in [3.63, 3.8) is 0 Å². The van der Waals surface area contributed by atoms with Crippen LogP contribution in [-0.2, 0) is 13.5 Å². The number of para-hydroxylation sites is 1. The first-order chi connectivity index (χ1) is 9.56. The molecule has 1 aromatic heterocycles. The lowest BCUT2D eigenvalue weighted by Crippen LogP contribution is -2.30. The van der Waals surface area contributed by atoms with Crippen molar-refractivity contribution >= 4 is 23.3 Å². The molecular weight excluding hydrogens is 276 g/mol. The maximum Gasteiger partial charge on any atom is 0.319 e. The van der Waals surface area contributed by atoms with Gasteiger partial charge in [0.05, 0.1) is 16.4 Å². The molecule has 0 bridgehead atoms. The SMILES string of the molecule is Cc1cc(CCNC(=O)Nc2ccccc2Cl)nn1C. The maximum atomic E-state index is 11.7. The van der Waals surface area contributed by atoms with Crippen LogP contribution in [-0.4, -0.2) is 22.4 Å². The molecule has 0 radical (unpaired) electrons. The molecule has 5 nitrogen and oxygen atoms in total. The Morgan fingerprint density at radius 3 is 2.80 bits per heavy atom. The Morgan fingerprint density at radius 2 is 2.15 bits per heavy atom. The van der Waals surface area contributed by atoms with Crippen molar-refractivity contribution in [2.24, 2.45) is 7.05 Å². The third-order valence-corrected chi connectivity index (χ3v) is 3.28. The van der Waals surface area contributed by atoms with Crippen LogP contribution in [0.1, 0.15) is 11.4 Å². The number of carbonyl (C=O) groups excluding carboxylic acids is 1. The predicted molar refractivity (Wildman–Crippen MR) is 80.1 cm³/mol. The number of anilines is 1. The molecule has 0 fully saturated rings. The van der Waals surface area contributed by atoms with Crippen molar-refractivity contribution in [1.82, 2.24) is 15.1 Å². The third kappa shape index (κ3) is 3.74. The normalized spacial score (nSPS) is 10.3. The molecule has 2 N–H and O–H groups in total. The largest absolute Gasteiger partial charge is 0.337 e. The van der Waals surface area contributed by atoms with Crippen LogP contribution in [0.15, 0.2) is 30.3 Å². The smallest absolute Gasteiger partial charge is 0.319 e.